The van der Waals surface area contributed by atoms with Crippen LogP contribution in [0.2, 0.25) is 0 Å². The molecule has 0 spiro atoms. The topological polar surface area (TPSA) is 34.1 Å². The molecule has 38 heavy (non-hydrogen) atoms. The monoisotopic (exact) mass is 488 g/mol. The summed E-state index contributed by atoms with van der Waals surface area (Å²) in [5.74, 6) is -0.756. The van der Waals surface area contributed by atoms with Gasteiger partial charge in [0.15, 0.2) is 0 Å². The lowest BCUT2D eigenvalue weighted by Gasteiger charge is -1.99. The smallest absolute Gasteiger partial charge is 0.234 e. The van der Waals surface area contributed by atoms with E-state index in [-0.39, 0.29) is 11.6 Å². The molecule has 0 N–H and O–H groups in total. The average Bonchev–Trinajstić information content (AvgIpc) is 3.65. The van der Waals surface area contributed by atoms with Crippen LogP contribution in [0.4, 0.5) is 0 Å². The van der Waals surface area contributed by atoms with Crippen molar-refractivity contribution in [2.24, 2.45) is 0 Å². The summed E-state index contributed by atoms with van der Waals surface area (Å²) in [6.07, 6.45) is 6.82. The van der Waals surface area contributed by atoms with Gasteiger partial charge in [-0.25, -0.2) is 0 Å². The number of benzene rings is 6. The molecule has 0 bridgehead atoms. The Kier molecular flexibility index (Phi) is 5.26. The normalized spacial score (nSPS) is 13.6. The van der Waals surface area contributed by atoms with Crippen molar-refractivity contribution in [1.82, 2.24) is 0 Å². The van der Waals surface area contributed by atoms with Gasteiger partial charge in [-0.05, 0) is 62.0 Å². The van der Waals surface area contributed by atoms with E-state index in [1.807, 2.05) is 12.1 Å². The van der Waals surface area contributed by atoms with Crippen molar-refractivity contribution in [3.05, 3.63) is 143 Å². The Bertz CT molecular complexity index is 1810. The van der Waals surface area contributed by atoms with E-state index >= 15 is 0 Å². The van der Waals surface area contributed by atoms with E-state index in [4.69, 9.17) is 0 Å². The Morgan fingerprint density at radius 2 is 0.789 bits per heavy atom. The van der Waals surface area contributed by atoms with Crippen LogP contribution in [0.5, 0.6) is 0 Å². The highest BCUT2D eigenvalue weighted by Gasteiger charge is 2.29. The second-order valence-corrected chi connectivity index (χ2v) is 9.93. The third-order valence-electron chi connectivity index (χ3n) is 7.75. The predicted molar refractivity (Wildman–Crippen MR) is 157 cm³/mol. The molecule has 6 aromatic carbocycles. The van der Waals surface area contributed by atoms with Crippen LogP contribution in [-0.4, -0.2) is 11.6 Å². The molecular weight excluding hydrogens is 464 g/mol. The molecule has 0 aromatic heterocycles. The molecule has 0 fully saturated rings. The quantitative estimate of drug-likeness (QED) is 0.201. The highest BCUT2D eigenvalue weighted by atomic mass is 16.2. The van der Waals surface area contributed by atoms with E-state index in [0.717, 1.165) is 10.8 Å². The second-order valence-electron chi connectivity index (χ2n) is 9.93. The number of carbonyl (C=O) groups is 2. The third-order valence-corrected chi connectivity index (χ3v) is 7.75. The standard InChI is InChI=1S/C12H6O2.C12H10.C12H8/c13-11-8-5-1-3-7-4-2-6-9(10(7)8)12(11)14;2*1-3-9-4-2-6-11-8-7-10(5-1)12(9)11/h1-6H;1-6H,7-8H2;1-8H. The molecule has 3 aliphatic rings. The first-order valence-electron chi connectivity index (χ1n) is 13.0. The first-order valence-corrected chi connectivity index (χ1v) is 13.0. The molecule has 6 aromatic rings. The number of aryl methyl sites for hydroxylation is 2. The van der Waals surface area contributed by atoms with E-state index in [1.165, 1.54) is 56.6 Å². The van der Waals surface area contributed by atoms with Gasteiger partial charge < -0.3 is 0 Å². The molecule has 0 heterocycles. The van der Waals surface area contributed by atoms with Gasteiger partial charge in [-0.15, -0.1) is 0 Å². The number of hydrogen-bond donors (Lipinski definition) is 0. The lowest BCUT2D eigenvalue weighted by Crippen LogP contribution is -2.05. The summed E-state index contributed by atoms with van der Waals surface area (Å²) in [5.41, 5.74) is 6.85. The van der Waals surface area contributed by atoms with E-state index < -0.39 is 0 Å². The summed E-state index contributed by atoms with van der Waals surface area (Å²) in [4.78, 5) is 23.1. The van der Waals surface area contributed by atoms with Gasteiger partial charge in [0.25, 0.3) is 0 Å². The number of carbonyl (C=O) groups excluding carboxylic acids is 2. The minimum Gasteiger partial charge on any atom is -0.285 e. The van der Waals surface area contributed by atoms with Crippen molar-refractivity contribution in [1.29, 1.82) is 0 Å². The summed E-state index contributed by atoms with van der Waals surface area (Å²) in [5, 5.41) is 7.43. The Morgan fingerprint density at radius 1 is 0.395 bits per heavy atom. The van der Waals surface area contributed by atoms with Crippen LogP contribution in [-0.2, 0) is 12.8 Å². The fourth-order valence-electron chi connectivity index (χ4n) is 6.01. The van der Waals surface area contributed by atoms with Gasteiger partial charge in [0, 0.05) is 16.5 Å². The van der Waals surface area contributed by atoms with E-state index in [0.29, 0.717) is 11.1 Å². The average molecular weight is 489 g/mol. The lowest BCUT2D eigenvalue weighted by molar-refractivity contribution is 0.0825. The number of rotatable bonds is 0. The van der Waals surface area contributed by atoms with Gasteiger partial charge in [-0.2, -0.15) is 0 Å². The summed E-state index contributed by atoms with van der Waals surface area (Å²) in [6, 6.07) is 36.9. The highest BCUT2D eigenvalue weighted by molar-refractivity contribution is 6.57. The molecule has 0 radical (unpaired) electrons. The van der Waals surface area contributed by atoms with Gasteiger partial charge in [0.05, 0.1) is 0 Å². The molecule has 0 amide bonds. The van der Waals surface area contributed by atoms with Crippen molar-refractivity contribution < 1.29 is 9.59 Å². The maximum absolute atomic E-state index is 11.5. The molecule has 3 aliphatic carbocycles. The molecule has 9 rings (SSSR count). The Balaban J connectivity index is 0.0000000959. The minimum atomic E-state index is -0.378. The Morgan fingerprint density at radius 3 is 1.29 bits per heavy atom. The first kappa shape index (κ1) is 22.4. The summed E-state index contributed by atoms with van der Waals surface area (Å²) in [6.45, 7) is 0. The predicted octanol–water partition coefficient (Wildman–Crippen LogP) is 8.48. The van der Waals surface area contributed by atoms with Crippen molar-refractivity contribution in [2.45, 2.75) is 12.8 Å². The third kappa shape index (κ3) is 3.57. The van der Waals surface area contributed by atoms with Crippen LogP contribution < -0.4 is 0 Å². The SMILES string of the molecule is C1=Cc2cccc3cccc1c23.O=C1C(=O)c2cccc3cccc1c23.c1cc2c3c(cccc3c1)CC2. The Labute approximate surface area is 220 Å². The fraction of sp³-hybridized carbons (Fsp3) is 0.0556. The van der Waals surface area contributed by atoms with Crippen LogP contribution in [0, 0.1) is 0 Å². The molecule has 180 valence electrons. The van der Waals surface area contributed by atoms with Crippen molar-refractivity contribution in [3.8, 4) is 0 Å². The molecule has 2 nitrogen and oxygen atoms in total. The van der Waals surface area contributed by atoms with E-state index in [1.54, 1.807) is 24.3 Å². The zero-order valence-corrected chi connectivity index (χ0v) is 20.8. The maximum atomic E-state index is 11.5. The van der Waals surface area contributed by atoms with Gasteiger partial charge in [0.1, 0.15) is 0 Å². The Hall–Kier alpha value is -4.82. The first-order chi connectivity index (χ1) is 18.7. The second kappa shape index (κ2) is 8.93. The molecule has 0 atom stereocenters. The zero-order chi connectivity index (χ0) is 25.6. The molecule has 0 saturated carbocycles. The molecule has 0 aliphatic heterocycles. The molecule has 0 unspecified atom stereocenters. The zero-order valence-electron chi connectivity index (χ0n) is 20.8. The lowest BCUT2D eigenvalue weighted by atomic mass is 10.0. The molecular formula is C36H24O2. The van der Waals surface area contributed by atoms with Gasteiger partial charge >= 0.3 is 0 Å². The molecule has 0 saturated heterocycles. The van der Waals surface area contributed by atoms with E-state index in [2.05, 4.69) is 84.9 Å². The van der Waals surface area contributed by atoms with E-state index in [9.17, 15) is 9.59 Å². The van der Waals surface area contributed by atoms with Gasteiger partial charge in [-0.1, -0.05) is 121 Å². The van der Waals surface area contributed by atoms with Crippen LogP contribution >= 0.6 is 0 Å². The van der Waals surface area contributed by atoms with Crippen LogP contribution in [0.25, 0.3) is 44.5 Å². The number of Topliss-reactive ketones (excluding diaryl/α,β-unsaturated/α-hetero) is 2. The fourth-order valence-corrected chi connectivity index (χ4v) is 6.01. The summed E-state index contributed by atoms with van der Waals surface area (Å²) in [7, 11) is 0. The summed E-state index contributed by atoms with van der Waals surface area (Å²) < 4.78 is 0. The van der Waals surface area contributed by atoms with Crippen LogP contribution in [0.15, 0.2) is 109 Å². The highest BCUT2D eigenvalue weighted by Crippen LogP contribution is 2.32. The van der Waals surface area contributed by atoms with Crippen molar-refractivity contribution in [3.63, 3.8) is 0 Å². The van der Waals surface area contributed by atoms with Crippen molar-refractivity contribution in [2.75, 3.05) is 0 Å². The van der Waals surface area contributed by atoms with Crippen LogP contribution in [0.1, 0.15) is 43.0 Å². The molecule has 2 heteroatoms. The number of ketones is 2. The maximum Gasteiger partial charge on any atom is 0.234 e. The van der Waals surface area contributed by atoms with Crippen molar-refractivity contribution >= 4 is 56.0 Å². The van der Waals surface area contributed by atoms with Crippen LogP contribution in [0.3, 0.4) is 0 Å². The largest absolute Gasteiger partial charge is 0.285 e. The summed E-state index contributed by atoms with van der Waals surface area (Å²) >= 11 is 0. The van der Waals surface area contributed by atoms with Gasteiger partial charge in [-0.3, -0.25) is 9.59 Å². The van der Waals surface area contributed by atoms with Gasteiger partial charge in [0.2, 0.25) is 11.6 Å². The number of hydrogen-bond acceptors (Lipinski definition) is 2. The minimum absolute atomic E-state index is 0.378.